The van der Waals surface area contributed by atoms with Gasteiger partial charge in [0.25, 0.3) is 0 Å². The fourth-order valence-electron chi connectivity index (χ4n) is 3.49. The highest BCUT2D eigenvalue weighted by Gasteiger charge is 2.20. The normalized spacial score (nSPS) is 17.1. The zero-order chi connectivity index (χ0) is 15.5. The summed E-state index contributed by atoms with van der Waals surface area (Å²) >= 11 is 0. The summed E-state index contributed by atoms with van der Waals surface area (Å²) in [6.45, 7) is 3.21. The van der Waals surface area contributed by atoms with Crippen molar-refractivity contribution in [3.05, 3.63) is 59.2 Å². The summed E-state index contributed by atoms with van der Waals surface area (Å²) in [5.41, 5.74) is 6.91. The molecule has 0 saturated carbocycles. The molecule has 0 fully saturated rings. The van der Waals surface area contributed by atoms with Crippen LogP contribution in [0.1, 0.15) is 35.4 Å². The van der Waals surface area contributed by atoms with Crippen LogP contribution in [0.15, 0.2) is 42.5 Å². The molecule has 22 heavy (non-hydrogen) atoms. The van der Waals surface area contributed by atoms with Crippen LogP contribution in [0.25, 0.3) is 0 Å². The highest BCUT2D eigenvalue weighted by molar-refractivity contribution is 5.64. The van der Waals surface area contributed by atoms with Crippen molar-refractivity contribution in [3.8, 4) is 0 Å². The van der Waals surface area contributed by atoms with Crippen LogP contribution in [0.4, 0.5) is 11.4 Å². The molecule has 0 saturated heterocycles. The van der Waals surface area contributed by atoms with E-state index in [1.165, 1.54) is 41.8 Å². The van der Waals surface area contributed by atoms with E-state index in [-0.39, 0.29) is 0 Å². The molecular formula is C20H26N2. The van der Waals surface area contributed by atoms with Crippen LogP contribution in [0, 0.1) is 6.92 Å². The van der Waals surface area contributed by atoms with E-state index in [1.54, 1.807) is 5.56 Å². The molecule has 0 bridgehead atoms. The molecule has 2 nitrogen and oxygen atoms in total. The number of nitrogens with one attached hydrogen (secondary N) is 1. The van der Waals surface area contributed by atoms with Crippen molar-refractivity contribution < 1.29 is 0 Å². The van der Waals surface area contributed by atoms with Crippen molar-refractivity contribution in [1.29, 1.82) is 0 Å². The summed E-state index contributed by atoms with van der Waals surface area (Å²) in [6.07, 6.45) is 3.82. The van der Waals surface area contributed by atoms with Crippen molar-refractivity contribution in [3.63, 3.8) is 0 Å². The fourth-order valence-corrected chi connectivity index (χ4v) is 3.49. The largest absolute Gasteiger partial charge is 0.345 e. The monoisotopic (exact) mass is 294 g/mol. The maximum atomic E-state index is 3.34. The van der Waals surface area contributed by atoms with Crippen LogP contribution < -0.4 is 10.2 Å². The average Bonchev–Trinajstić information content (AvgIpc) is 2.55. The van der Waals surface area contributed by atoms with Gasteiger partial charge in [-0.25, -0.2) is 0 Å². The third-order valence-electron chi connectivity index (χ3n) is 4.82. The number of hydrogen-bond acceptors (Lipinski definition) is 2. The molecule has 2 aromatic carbocycles. The second-order valence-electron chi connectivity index (χ2n) is 6.42. The van der Waals surface area contributed by atoms with Gasteiger partial charge in [-0.05, 0) is 74.5 Å². The first-order valence-corrected chi connectivity index (χ1v) is 8.27. The maximum Gasteiger partial charge on any atom is 0.0411 e. The molecule has 0 aliphatic heterocycles. The lowest BCUT2D eigenvalue weighted by Crippen LogP contribution is -2.21. The van der Waals surface area contributed by atoms with Gasteiger partial charge in [-0.1, -0.05) is 23.8 Å². The fraction of sp³-hybridized carbons (Fsp3) is 0.400. The van der Waals surface area contributed by atoms with Crippen molar-refractivity contribution >= 4 is 11.4 Å². The number of likely N-dealkylation sites (N-methyl/N-ethyl adjacent to an activating group) is 1. The third kappa shape index (κ3) is 3.02. The molecule has 1 aliphatic rings. The standard InChI is InChI=1S/C20H26N2/c1-15-7-9-18(10-8-15)22(3)19-11-12-20-16(13-19)5-4-6-17(20)14-21-2/h7-13,17,21H,4-6,14H2,1-3H3/t17-/m0/s1. The van der Waals surface area contributed by atoms with Crippen molar-refractivity contribution in [2.75, 3.05) is 25.5 Å². The predicted octanol–water partition coefficient (Wildman–Crippen LogP) is 4.40. The Labute approximate surface area is 134 Å². The predicted molar refractivity (Wildman–Crippen MR) is 95.3 cm³/mol. The first-order chi connectivity index (χ1) is 10.7. The smallest absolute Gasteiger partial charge is 0.0411 e. The molecule has 0 spiro atoms. The maximum absolute atomic E-state index is 3.34. The Morgan fingerprint density at radius 2 is 1.82 bits per heavy atom. The molecule has 0 radical (unpaired) electrons. The van der Waals surface area contributed by atoms with E-state index in [2.05, 4.69) is 66.7 Å². The lowest BCUT2D eigenvalue weighted by Gasteiger charge is -2.28. The Kier molecular flexibility index (Phi) is 4.49. The molecule has 1 N–H and O–H groups in total. The van der Waals surface area contributed by atoms with Crippen LogP contribution in [-0.4, -0.2) is 20.6 Å². The molecule has 0 amide bonds. The van der Waals surface area contributed by atoms with Gasteiger partial charge in [-0.15, -0.1) is 0 Å². The number of benzene rings is 2. The van der Waals surface area contributed by atoms with Gasteiger partial charge in [0.05, 0.1) is 0 Å². The van der Waals surface area contributed by atoms with Crippen molar-refractivity contribution in [2.45, 2.75) is 32.1 Å². The zero-order valence-corrected chi connectivity index (χ0v) is 13.9. The van der Waals surface area contributed by atoms with Crippen molar-refractivity contribution in [1.82, 2.24) is 5.32 Å². The lowest BCUT2D eigenvalue weighted by atomic mass is 9.82. The van der Waals surface area contributed by atoms with Gasteiger partial charge in [0, 0.05) is 25.0 Å². The van der Waals surface area contributed by atoms with Crippen LogP contribution in [-0.2, 0) is 6.42 Å². The van der Waals surface area contributed by atoms with Crippen LogP contribution in [0.3, 0.4) is 0 Å². The van der Waals surface area contributed by atoms with E-state index >= 15 is 0 Å². The van der Waals surface area contributed by atoms with Gasteiger partial charge >= 0.3 is 0 Å². The van der Waals surface area contributed by atoms with Crippen molar-refractivity contribution in [2.24, 2.45) is 0 Å². The molecule has 3 rings (SSSR count). The lowest BCUT2D eigenvalue weighted by molar-refractivity contribution is 0.529. The van der Waals surface area contributed by atoms with E-state index in [0.29, 0.717) is 5.92 Å². The third-order valence-corrected chi connectivity index (χ3v) is 4.82. The summed E-state index contributed by atoms with van der Waals surface area (Å²) in [4.78, 5) is 2.28. The van der Waals surface area contributed by atoms with E-state index < -0.39 is 0 Å². The highest BCUT2D eigenvalue weighted by atomic mass is 15.1. The van der Waals surface area contributed by atoms with Gasteiger partial charge in [-0.2, -0.15) is 0 Å². The molecule has 1 aliphatic carbocycles. The van der Waals surface area contributed by atoms with Gasteiger partial charge < -0.3 is 10.2 Å². The van der Waals surface area contributed by atoms with Gasteiger partial charge in [0.2, 0.25) is 0 Å². The Morgan fingerprint density at radius 1 is 1.09 bits per heavy atom. The number of hydrogen-bond donors (Lipinski definition) is 1. The van der Waals surface area contributed by atoms with E-state index in [9.17, 15) is 0 Å². The number of rotatable bonds is 4. The summed E-state index contributed by atoms with van der Waals surface area (Å²) in [5.74, 6) is 0.674. The van der Waals surface area contributed by atoms with Crippen LogP contribution in [0.2, 0.25) is 0 Å². The van der Waals surface area contributed by atoms with Gasteiger partial charge in [0.15, 0.2) is 0 Å². The minimum atomic E-state index is 0.674. The minimum absolute atomic E-state index is 0.674. The Bertz CT molecular complexity index is 631. The number of nitrogens with zero attached hydrogens (tertiary/aromatic N) is 1. The summed E-state index contributed by atoms with van der Waals surface area (Å²) in [7, 11) is 4.20. The topological polar surface area (TPSA) is 15.3 Å². The number of aryl methyl sites for hydroxylation is 2. The first-order valence-electron chi connectivity index (χ1n) is 8.27. The molecular weight excluding hydrogens is 268 g/mol. The van der Waals surface area contributed by atoms with E-state index in [4.69, 9.17) is 0 Å². The molecule has 0 aromatic heterocycles. The molecule has 0 heterocycles. The molecule has 0 unspecified atom stereocenters. The summed E-state index contributed by atoms with van der Waals surface area (Å²) in [6, 6.07) is 15.7. The van der Waals surface area contributed by atoms with E-state index in [1.807, 2.05) is 7.05 Å². The average molecular weight is 294 g/mol. The molecule has 2 heteroatoms. The quantitative estimate of drug-likeness (QED) is 0.899. The minimum Gasteiger partial charge on any atom is -0.345 e. The van der Waals surface area contributed by atoms with Gasteiger partial charge in [0.1, 0.15) is 0 Å². The molecule has 1 atom stereocenters. The van der Waals surface area contributed by atoms with Crippen LogP contribution in [0.5, 0.6) is 0 Å². The molecule has 2 aromatic rings. The second-order valence-corrected chi connectivity index (χ2v) is 6.42. The number of anilines is 2. The second kappa shape index (κ2) is 6.53. The SMILES string of the molecule is CNC[C@@H]1CCCc2cc(N(C)c3ccc(C)cc3)ccc21. The Balaban J connectivity index is 1.88. The molecule has 116 valence electrons. The number of fused-ring (bicyclic) bond motifs is 1. The highest BCUT2D eigenvalue weighted by Crippen LogP contribution is 2.34. The summed E-state index contributed by atoms with van der Waals surface area (Å²) in [5, 5.41) is 3.34. The van der Waals surface area contributed by atoms with Gasteiger partial charge in [-0.3, -0.25) is 0 Å². The van der Waals surface area contributed by atoms with Crippen LogP contribution >= 0.6 is 0 Å². The Morgan fingerprint density at radius 3 is 2.55 bits per heavy atom. The van der Waals surface area contributed by atoms with E-state index in [0.717, 1.165) is 6.54 Å². The first kappa shape index (κ1) is 15.1. The Hall–Kier alpha value is -1.80. The summed E-state index contributed by atoms with van der Waals surface area (Å²) < 4.78 is 0. The zero-order valence-electron chi connectivity index (χ0n) is 13.9.